The fraction of sp³-hybridized carbons (Fsp3) is 0.286. The molecular formula is C14H15FN2O3. The number of amides is 1. The van der Waals surface area contributed by atoms with Crippen molar-refractivity contribution in [1.29, 1.82) is 0 Å². The van der Waals surface area contributed by atoms with Crippen molar-refractivity contribution in [2.24, 2.45) is 0 Å². The molecule has 6 heteroatoms. The van der Waals surface area contributed by atoms with E-state index >= 15 is 0 Å². The smallest absolute Gasteiger partial charge is 0.326 e. The molecule has 3 N–H and O–H groups in total. The number of hydrogen-bond acceptors (Lipinski definition) is 2. The molecular weight excluding hydrogens is 263 g/mol. The number of benzene rings is 1. The van der Waals surface area contributed by atoms with Crippen LogP contribution < -0.4 is 5.32 Å². The predicted molar refractivity (Wildman–Crippen MR) is 71.9 cm³/mol. The zero-order valence-electron chi connectivity index (χ0n) is 11.2. The number of hydrogen-bond donors (Lipinski definition) is 3. The summed E-state index contributed by atoms with van der Waals surface area (Å²) in [5.74, 6) is -1.85. The summed E-state index contributed by atoms with van der Waals surface area (Å²) in [5, 5.41) is 12.3. The van der Waals surface area contributed by atoms with Crippen LogP contribution >= 0.6 is 0 Å². The van der Waals surface area contributed by atoms with E-state index in [0.717, 1.165) is 16.5 Å². The Bertz CT molecular complexity index is 678. The van der Waals surface area contributed by atoms with Gasteiger partial charge in [0.25, 0.3) is 0 Å². The number of carbonyl (C=O) groups is 2. The van der Waals surface area contributed by atoms with Crippen molar-refractivity contribution < 1.29 is 19.1 Å². The summed E-state index contributed by atoms with van der Waals surface area (Å²) in [7, 11) is 0. The zero-order valence-corrected chi connectivity index (χ0v) is 11.2. The lowest BCUT2D eigenvalue weighted by Gasteiger charge is -2.13. The van der Waals surface area contributed by atoms with Crippen LogP contribution in [0.2, 0.25) is 0 Å². The molecule has 106 valence electrons. The maximum atomic E-state index is 13.3. The van der Waals surface area contributed by atoms with E-state index in [-0.39, 0.29) is 12.2 Å². The molecule has 0 bridgehead atoms. The third-order valence-electron chi connectivity index (χ3n) is 3.12. The van der Waals surface area contributed by atoms with Crippen LogP contribution in [0.1, 0.15) is 18.1 Å². The number of carboxylic acids is 1. The first-order chi connectivity index (χ1) is 9.38. The molecule has 5 nitrogen and oxygen atoms in total. The lowest BCUT2D eigenvalue weighted by atomic mass is 10.0. The van der Waals surface area contributed by atoms with E-state index in [1.807, 2.05) is 0 Å². The first-order valence-corrected chi connectivity index (χ1v) is 6.14. The first kappa shape index (κ1) is 14.0. The number of carbonyl (C=O) groups excluding carboxylic acids is 1. The Hall–Kier alpha value is -2.37. The molecule has 1 aromatic carbocycles. The van der Waals surface area contributed by atoms with Crippen molar-refractivity contribution in [2.75, 3.05) is 0 Å². The largest absolute Gasteiger partial charge is 0.480 e. The molecule has 1 aromatic heterocycles. The molecule has 2 rings (SSSR count). The Balaban J connectivity index is 2.38. The fourth-order valence-corrected chi connectivity index (χ4v) is 2.35. The van der Waals surface area contributed by atoms with E-state index in [9.17, 15) is 14.0 Å². The molecule has 1 unspecified atom stereocenters. The van der Waals surface area contributed by atoms with Gasteiger partial charge in [-0.05, 0) is 30.2 Å². The SMILES string of the molecule is CC(=O)NC(Cc1c[nH]c2cc(F)cc(C)c12)C(=O)O. The highest BCUT2D eigenvalue weighted by atomic mass is 19.1. The molecule has 0 saturated heterocycles. The molecule has 0 spiro atoms. The van der Waals surface area contributed by atoms with Crippen molar-refractivity contribution in [3.05, 3.63) is 35.3 Å². The highest BCUT2D eigenvalue weighted by molar-refractivity contribution is 5.88. The van der Waals surface area contributed by atoms with Crippen molar-refractivity contribution >= 4 is 22.8 Å². The topological polar surface area (TPSA) is 82.2 Å². The lowest BCUT2D eigenvalue weighted by Crippen LogP contribution is -2.41. The van der Waals surface area contributed by atoms with Gasteiger partial charge in [0.1, 0.15) is 11.9 Å². The van der Waals surface area contributed by atoms with Crippen molar-refractivity contribution in [1.82, 2.24) is 10.3 Å². The summed E-state index contributed by atoms with van der Waals surface area (Å²) >= 11 is 0. The van der Waals surface area contributed by atoms with Crippen LogP contribution in [0.15, 0.2) is 18.3 Å². The highest BCUT2D eigenvalue weighted by Gasteiger charge is 2.21. The van der Waals surface area contributed by atoms with Crippen LogP contribution in [-0.2, 0) is 16.0 Å². The van der Waals surface area contributed by atoms with Gasteiger partial charge in [-0.3, -0.25) is 4.79 Å². The van der Waals surface area contributed by atoms with Gasteiger partial charge in [-0.15, -0.1) is 0 Å². The molecule has 2 aromatic rings. The van der Waals surface area contributed by atoms with Gasteiger partial charge < -0.3 is 15.4 Å². The third-order valence-corrected chi connectivity index (χ3v) is 3.12. The number of fused-ring (bicyclic) bond motifs is 1. The minimum Gasteiger partial charge on any atom is -0.480 e. The van der Waals surface area contributed by atoms with E-state index in [0.29, 0.717) is 5.52 Å². The van der Waals surface area contributed by atoms with E-state index < -0.39 is 17.9 Å². The Morgan fingerprint density at radius 1 is 1.45 bits per heavy atom. The van der Waals surface area contributed by atoms with Gasteiger partial charge in [0, 0.05) is 30.4 Å². The zero-order chi connectivity index (χ0) is 14.9. The van der Waals surface area contributed by atoms with Gasteiger partial charge in [0.15, 0.2) is 0 Å². The summed E-state index contributed by atoms with van der Waals surface area (Å²) < 4.78 is 13.3. The van der Waals surface area contributed by atoms with Gasteiger partial charge >= 0.3 is 5.97 Å². The Labute approximate surface area is 114 Å². The van der Waals surface area contributed by atoms with Crippen LogP contribution in [0.4, 0.5) is 4.39 Å². The summed E-state index contributed by atoms with van der Waals surface area (Å²) in [5.41, 5.74) is 2.08. The maximum absolute atomic E-state index is 13.3. The maximum Gasteiger partial charge on any atom is 0.326 e. The Kier molecular flexibility index (Phi) is 3.74. The van der Waals surface area contributed by atoms with Crippen molar-refractivity contribution in [3.63, 3.8) is 0 Å². The molecule has 0 saturated carbocycles. The normalized spacial score (nSPS) is 12.3. The standard InChI is InChI=1S/C14H15FN2O3/c1-7-3-10(15)5-11-13(7)9(6-16-11)4-12(14(19)20)17-8(2)18/h3,5-6,12,16H,4H2,1-2H3,(H,17,18)(H,19,20). The van der Waals surface area contributed by atoms with Gasteiger partial charge in [-0.2, -0.15) is 0 Å². The lowest BCUT2D eigenvalue weighted by molar-refractivity contribution is -0.141. The van der Waals surface area contributed by atoms with Crippen LogP contribution in [0.3, 0.4) is 0 Å². The molecule has 1 heterocycles. The number of carboxylic acid groups (broad SMARTS) is 1. The number of H-pyrrole nitrogens is 1. The van der Waals surface area contributed by atoms with Gasteiger partial charge in [0.2, 0.25) is 5.91 Å². The number of halogens is 1. The second-order valence-corrected chi connectivity index (χ2v) is 4.75. The second-order valence-electron chi connectivity index (χ2n) is 4.75. The average Bonchev–Trinajstić information content (AvgIpc) is 2.70. The molecule has 0 aliphatic rings. The molecule has 1 atom stereocenters. The predicted octanol–water partition coefficient (Wildman–Crippen LogP) is 1.75. The van der Waals surface area contributed by atoms with Gasteiger partial charge in [-0.1, -0.05) is 0 Å². The van der Waals surface area contributed by atoms with E-state index in [2.05, 4.69) is 10.3 Å². The van der Waals surface area contributed by atoms with Crippen LogP contribution in [-0.4, -0.2) is 28.0 Å². The Morgan fingerprint density at radius 2 is 2.15 bits per heavy atom. The van der Waals surface area contributed by atoms with E-state index in [4.69, 9.17) is 5.11 Å². The summed E-state index contributed by atoms with van der Waals surface area (Å²) in [6.45, 7) is 3.03. The molecule has 20 heavy (non-hydrogen) atoms. The number of aliphatic carboxylic acids is 1. The molecule has 0 fully saturated rings. The Morgan fingerprint density at radius 3 is 2.75 bits per heavy atom. The number of aromatic nitrogens is 1. The van der Waals surface area contributed by atoms with Crippen molar-refractivity contribution in [3.8, 4) is 0 Å². The van der Waals surface area contributed by atoms with E-state index in [1.54, 1.807) is 13.1 Å². The monoisotopic (exact) mass is 278 g/mol. The quantitative estimate of drug-likeness (QED) is 0.796. The average molecular weight is 278 g/mol. The third kappa shape index (κ3) is 2.79. The number of rotatable bonds is 4. The molecule has 1 amide bonds. The van der Waals surface area contributed by atoms with E-state index in [1.165, 1.54) is 19.1 Å². The molecule has 0 radical (unpaired) electrons. The summed E-state index contributed by atoms with van der Waals surface area (Å²) in [6, 6.07) is 1.75. The van der Waals surface area contributed by atoms with Crippen LogP contribution in [0.25, 0.3) is 10.9 Å². The minimum atomic E-state index is -1.10. The van der Waals surface area contributed by atoms with Crippen LogP contribution in [0.5, 0.6) is 0 Å². The van der Waals surface area contributed by atoms with Gasteiger partial charge in [0.05, 0.1) is 0 Å². The number of nitrogens with one attached hydrogen (secondary N) is 2. The van der Waals surface area contributed by atoms with Crippen LogP contribution in [0, 0.1) is 12.7 Å². The number of aryl methyl sites for hydroxylation is 1. The first-order valence-electron chi connectivity index (χ1n) is 6.14. The highest BCUT2D eigenvalue weighted by Crippen LogP contribution is 2.24. The summed E-state index contributed by atoms with van der Waals surface area (Å²) in [4.78, 5) is 25.1. The van der Waals surface area contributed by atoms with Crippen molar-refractivity contribution in [2.45, 2.75) is 26.3 Å². The molecule has 0 aliphatic carbocycles. The number of aromatic amines is 1. The molecule has 0 aliphatic heterocycles. The fourth-order valence-electron chi connectivity index (χ4n) is 2.35. The van der Waals surface area contributed by atoms with Gasteiger partial charge in [-0.25, -0.2) is 9.18 Å². The summed E-state index contributed by atoms with van der Waals surface area (Å²) in [6.07, 6.45) is 1.79. The minimum absolute atomic E-state index is 0.140. The second kappa shape index (κ2) is 5.32.